The predicted octanol–water partition coefficient (Wildman–Crippen LogP) is 1.29. The van der Waals surface area contributed by atoms with Gasteiger partial charge in [0.25, 0.3) is 0 Å². The number of amides is 2. The lowest BCUT2D eigenvalue weighted by molar-refractivity contribution is -0.136. The number of nitrogens with two attached hydrogens (primary N) is 1. The molecule has 0 bridgehead atoms. The highest BCUT2D eigenvalue weighted by molar-refractivity contribution is 5.87. The lowest BCUT2D eigenvalue weighted by Gasteiger charge is -2.24. The zero-order chi connectivity index (χ0) is 12.1. The van der Waals surface area contributed by atoms with Crippen LogP contribution in [0.1, 0.15) is 46.0 Å². The standard InChI is InChI=1S/C12H22N2O2/c1-3-5-6-9-7-11(15)14(8-9)10(4-2)12(13)16/h9-10H,3-8H2,1-2H3,(H2,13,16). The molecule has 1 aliphatic rings. The zero-order valence-corrected chi connectivity index (χ0v) is 10.2. The minimum absolute atomic E-state index is 0.0896. The Kier molecular flexibility index (Phi) is 4.77. The third-order valence-corrected chi connectivity index (χ3v) is 3.30. The maximum atomic E-state index is 11.8. The van der Waals surface area contributed by atoms with Crippen molar-refractivity contribution in [2.75, 3.05) is 6.54 Å². The number of carbonyl (C=O) groups is 2. The molecule has 0 aliphatic carbocycles. The van der Waals surface area contributed by atoms with Crippen molar-refractivity contribution < 1.29 is 9.59 Å². The Morgan fingerprint density at radius 3 is 2.75 bits per heavy atom. The average Bonchev–Trinajstić information content (AvgIpc) is 2.58. The number of hydrogen-bond acceptors (Lipinski definition) is 2. The van der Waals surface area contributed by atoms with Crippen LogP contribution in [0.3, 0.4) is 0 Å². The molecule has 2 atom stereocenters. The molecule has 0 aromatic rings. The summed E-state index contributed by atoms with van der Waals surface area (Å²) in [5.41, 5.74) is 5.30. The van der Waals surface area contributed by atoms with Gasteiger partial charge in [0.2, 0.25) is 11.8 Å². The Hall–Kier alpha value is -1.06. The molecule has 0 aromatic heterocycles. The molecule has 0 spiro atoms. The summed E-state index contributed by atoms with van der Waals surface area (Å²) in [5, 5.41) is 0. The SMILES string of the molecule is CCCCC1CC(=O)N(C(CC)C(N)=O)C1. The molecule has 16 heavy (non-hydrogen) atoms. The van der Waals surface area contributed by atoms with E-state index in [4.69, 9.17) is 5.73 Å². The van der Waals surface area contributed by atoms with Crippen LogP contribution in [-0.4, -0.2) is 29.3 Å². The van der Waals surface area contributed by atoms with Crippen LogP contribution in [0.2, 0.25) is 0 Å². The number of primary amides is 1. The predicted molar refractivity (Wildman–Crippen MR) is 62.6 cm³/mol. The van der Waals surface area contributed by atoms with Crippen LogP contribution in [0.15, 0.2) is 0 Å². The molecule has 4 nitrogen and oxygen atoms in total. The van der Waals surface area contributed by atoms with Gasteiger partial charge in [-0.15, -0.1) is 0 Å². The van der Waals surface area contributed by atoms with Gasteiger partial charge < -0.3 is 10.6 Å². The van der Waals surface area contributed by atoms with Gasteiger partial charge in [0, 0.05) is 13.0 Å². The van der Waals surface area contributed by atoms with Gasteiger partial charge in [0.05, 0.1) is 0 Å². The van der Waals surface area contributed by atoms with Crippen molar-refractivity contribution in [3.05, 3.63) is 0 Å². The van der Waals surface area contributed by atoms with E-state index in [-0.39, 0.29) is 11.8 Å². The fraction of sp³-hybridized carbons (Fsp3) is 0.833. The van der Waals surface area contributed by atoms with Crippen molar-refractivity contribution in [3.8, 4) is 0 Å². The van der Waals surface area contributed by atoms with Gasteiger partial charge in [-0.1, -0.05) is 26.7 Å². The monoisotopic (exact) mass is 226 g/mol. The summed E-state index contributed by atoms with van der Waals surface area (Å²) in [6.45, 7) is 4.75. The van der Waals surface area contributed by atoms with Crippen LogP contribution in [-0.2, 0) is 9.59 Å². The quantitative estimate of drug-likeness (QED) is 0.741. The zero-order valence-electron chi connectivity index (χ0n) is 10.2. The molecule has 0 saturated carbocycles. The Morgan fingerprint density at radius 2 is 2.25 bits per heavy atom. The molecule has 2 N–H and O–H groups in total. The first kappa shape index (κ1) is 13.0. The van der Waals surface area contributed by atoms with E-state index in [1.807, 2.05) is 6.92 Å². The van der Waals surface area contributed by atoms with Gasteiger partial charge >= 0.3 is 0 Å². The van der Waals surface area contributed by atoms with E-state index in [1.165, 1.54) is 0 Å². The summed E-state index contributed by atoms with van der Waals surface area (Å²) in [6.07, 6.45) is 4.58. The molecule has 0 radical (unpaired) electrons. The second kappa shape index (κ2) is 5.87. The van der Waals surface area contributed by atoms with Gasteiger partial charge in [0.1, 0.15) is 6.04 Å². The summed E-state index contributed by atoms with van der Waals surface area (Å²) >= 11 is 0. The summed E-state index contributed by atoms with van der Waals surface area (Å²) in [5.74, 6) is 0.125. The third kappa shape index (κ3) is 2.97. The fourth-order valence-electron chi connectivity index (χ4n) is 2.37. The smallest absolute Gasteiger partial charge is 0.240 e. The highest BCUT2D eigenvalue weighted by Gasteiger charge is 2.35. The molecule has 1 heterocycles. The van der Waals surface area contributed by atoms with Gasteiger partial charge in [-0.05, 0) is 18.8 Å². The number of nitrogens with zero attached hydrogens (tertiary/aromatic N) is 1. The molecule has 1 fully saturated rings. The number of hydrogen-bond donors (Lipinski definition) is 1. The first-order chi connectivity index (χ1) is 7.60. The van der Waals surface area contributed by atoms with Crippen molar-refractivity contribution in [1.29, 1.82) is 0 Å². The van der Waals surface area contributed by atoms with Gasteiger partial charge in [-0.3, -0.25) is 9.59 Å². The molecule has 2 amide bonds. The molecule has 0 aromatic carbocycles. The highest BCUT2D eigenvalue weighted by atomic mass is 16.2. The molecular formula is C12H22N2O2. The first-order valence-electron chi connectivity index (χ1n) is 6.18. The van der Waals surface area contributed by atoms with Crippen LogP contribution in [0, 0.1) is 5.92 Å². The molecule has 4 heteroatoms. The third-order valence-electron chi connectivity index (χ3n) is 3.30. The second-order valence-electron chi connectivity index (χ2n) is 4.58. The maximum absolute atomic E-state index is 11.8. The number of rotatable bonds is 6. The Morgan fingerprint density at radius 1 is 1.56 bits per heavy atom. The van der Waals surface area contributed by atoms with Crippen molar-refractivity contribution >= 4 is 11.8 Å². The minimum Gasteiger partial charge on any atom is -0.368 e. The summed E-state index contributed by atoms with van der Waals surface area (Å²) < 4.78 is 0. The van der Waals surface area contributed by atoms with E-state index >= 15 is 0 Å². The number of carbonyl (C=O) groups excluding carboxylic acids is 2. The lowest BCUT2D eigenvalue weighted by atomic mass is 10.0. The van der Waals surface area contributed by atoms with E-state index in [9.17, 15) is 9.59 Å². The molecule has 2 unspecified atom stereocenters. The Labute approximate surface area is 97.2 Å². The highest BCUT2D eigenvalue weighted by Crippen LogP contribution is 2.25. The van der Waals surface area contributed by atoms with Crippen molar-refractivity contribution in [1.82, 2.24) is 4.90 Å². The Bertz CT molecular complexity index is 266. The number of likely N-dealkylation sites (tertiary alicyclic amines) is 1. The first-order valence-corrected chi connectivity index (χ1v) is 6.18. The molecule has 1 rings (SSSR count). The van der Waals surface area contributed by atoms with Crippen LogP contribution >= 0.6 is 0 Å². The molecule has 1 aliphatic heterocycles. The maximum Gasteiger partial charge on any atom is 0.240 e. The number of unbranched alkanes of at least 4 members (excludes halogenated alkanes) is 1. The summed E-state index contributed by atoms with van der Waals surface area (Å²) in [7, 11) is 0. The average molecular weight is 226 g/mol. The van der Waals surface area contributed by atoms with Crippen molar-refractivity contribution in [2.24, 2.45) is 11.7 Å². The van der Waals surface area contributed by atoms with Gasteiger partial charge in [0.15, 0.2) is 0 Å². The molecule has 92 valence electrons. The summed E-state index contributed by atoms with van der Waals surface area (Å²) in [6, 6.07) is -0.404. The largest absolute Gasteiger partial charge is 0.368 e. The van der Waals surface area contributed by atoms with E-state index < -0.39 is 6.04 Å². The van der Waals surface area contributed by atoms with Gasteiger partial charge in [-0.25, -0.2) is 0 Å². The summed E-state index contributed by atoms with van der Waals surface area (Å²) in [4.78, 5) is 24.7. The van der Waals surface area contributed by atoms with Crippen LogP contribution < -0.4 is 5.73 Å². The molecule has 1 saturated heterocycles. The van der Waals surface area contributed by atoms with E-state index in [0.29, 0.717) is 25.3 Å². The topological polar surface area (TPSA) is 63.4 Å². The van der Waals surface area contributed by atoms with Crippen molar-refractivity contribution in [2.45, 2.75) is 52.0 Å². The van der Waals surface area contributed by atoms with Crippen molar-refractivity contribution in [3.63, 3.8) is 0 Å². The van der Waals surface area contributed by atoms with Crippen LogP contribution in [0.5, 0.6) is 0 Å². The van der Waals surface area contributed by atoms with E-state index in [1.54, 1.807) is 4.90 Å². The fourth-order valence-corrected chi connectivity index (χ4v) is 2.37. The lowest BCUT2D eigenvalue weighted by Crippen LogP contribution is -2.45. The normalized spacial score (nSPS) is 22.5. The Balaban J connectivity index is 2.56. The molecular weight excluding hydrogens is 204 g/mol. The van der Waals surface area contributed by atoms with E-state index in [0.717, 1.165) is 19.3 Å². The second-order valence-corrected chi connectivity index (χ2v) is 4.58. The van der Waals surface area contributed by atoms with Crippen LogP contribution in [0.4, 0.5) is 0 Å². The van der Waals surface area contributed by atoms with E-state index in [2.05, 4.69) is 6.92 Å². The van der Waals surface area contributed by atoms with Gasteiger partial charge in [-0.2, -0.15) is 0 Å². The minimum atomic E-state index is -0.404. The van der Waals surface area contributed by atoms with Crippen LogP contribution in [0.25, 0.3) is 0 Å².